The normalized spacial score (nSPS) is 15.0. The molecule has 0 aliphatic carbocycles. The Bertz CT molecular complexity index is 3560. The predicted octanol–water partition coefficient (Wildman–Crippen LogP) is 19.3. The third-order valence-electron chi connectivity index (χ3n) is 18.6. The Morgan fingerprint density at radius 2 is 0.341 bits per heavy atom. The van der Waals surface area contributed by atoms with Gasteiger partial charge in [-0.15, -0.1) is 0 Å². The van der Waals surface area contributed by atoms with Gasteiger partial charge in [-0.2, -0.15) is 0 Å². The summed E-state index contributed by atoms with van der Waals surface area (Å²) < 4.78 is 14.5. The number of hydrogen-bond acceptors (Lipinski definition) is 7. The van der Waals surface area contributed by atoms with Crippen LogP contribution in [-0.2, 0) is 82.9 Å². The zero-order valence-corrected chi connectivity index (χ0v) is 57.4. The first-order valence-corrected chi connectivity index (χ1v) is 32.4. The Kier molecular flexibility index (Phi) is 17.5. The van der Waals surface area contributed by atoms with E-state index >= 15 is 0 Å². The lowest BCUT2D eigenvalue weighted by Crippen LogP contribution is -2.16. The highest BCUT2D eigenvalue weighted by Gasteiger charge is 2.31. The van der Waals surface area contributed by atoms with Crippen LogP contribution in [0.25, 0.3) is 0 Å². The van der Waals surface area contributed by atoms with E-state index in [1.807, 2.05) is 0 Å². The zero-order valence-electron chi connectivity index (χ0n) is 57.4. The maximum absolute atomic E-state index is 12.9. The quantitative estimate of drug-likeness (QED) is 0.103. The van der Waals surface area contributed by atoms with Crippen molar-refractivity contribution in [2.45, 2.75) is 241 Å². The summed E-state index contributed by atoms with van der Waals surface area (Å²) in [6.07, 6.45) is 3.59. The molecule has 7 heteroatoms. The molecule has 9 rings (SSSR count). The molecule has 0 atom stereocenters. The summed E-state index contributed by atoms with van der Waals surface area (Å²) in [7, 11) is 0. The Labute approximate surface area is 528 Å². The molecule has 5 N–H and O–H groups in total. The standard InChI is InChI=1S/C81H104O7/c1-75(2,3)61-33-47-26-49-35-62(76(4,5)6)39-53(69(49)83)29-57-43-66(80(16,17)18)45-59-31-55-41-64(78(10,11)12)37-51(71(55)85)28-52-38-65(79(13,14)15)42-56(72(52)86)32-60-46-67(81(19,20)21)44-58(74(60)88-25-23-22-24-87-73(57)59)30-54-40-63(77(7,8)9)36-50(70(54)84)27-48(34-61)68(47)82/h33-46,82-86H,22-32H2,1-21H3. The van der Waals surface area contributed by atoms with Crippen LogP contribution in [0.5, 0.6) is 40.2 Å². The summed E-state index contributed by atoms with van der Waals surface area (Å²) in [6.45, 7) is 47.1. The van der Waals surface area contributed by atoms with E-state index in [2.05, 4.69) is 230 Å². The molecule has 88 heavy (non-hydrogen) atoms. The Morgan fingerprint density at radius 1 is 0.216 bits per heavy atom. The number of benzene rings is 7. The third-order valence-corrected chi connectivity index (χ3v) is 18.6. The first-order chi connectivity index (χ1) is 40.5. The summed E-state index contributed by atoms with van der Waals surface area (Å²) >= 11 is 0. The van der Waals surface area contributed by atoms with Gasteiger partial charge in [0, 0.05) is 44.9 Å². The molecule has 7 nitrogen and oxygen atoms in total. The molecule has 0 aromatic heterocycles. The van der Waals surface area contributed by atoms with Gasteiger partial charge in [0.2, 0.25) is 0 Å². The summed E-state index contributed by atoms with van der Waals surface area (Å²) in [5.74, 6) is 2.33. The first-order valence-electron chi connectivity index (χ1n) is 32.4. The summed E-state index contributed by atoms with van der Waals surface area (Å²) in [4.78, 5) is 0. The van der Waals surface area contributed by atoms with E-state index in [1.165, 1.54) is 0 Å². The van der Waals surface area contributed by atoms with Gasteiger partial charge < -0.3 is 35.0 Å². The van der Waals surface area contributed by atoms with E-state index in [9.17, 15) is 25.5 Å². The number of hydrogen-bond donors (Lipinski definition) is 5. The van der Waals surface area contributed by atoms with Crippen molar-refractivity contribution in [1.29, 1.82) is 0 Å². The van der Waals surface area contributed by atoms with Crippen LogP contribution in [0, 0.1) is 0 Å². The predicted molar refractivity (Wildman–Crippen MR) is 364 cm³/mol. The average molecular weight is 1190 g/mol. The fourth-order valence-electron chi connectivity index (χ4n) is 12.6. The van der Waals surface area contributed by atoms with Crippen LogP contribution >= 0.6 is 0 Å². The van der Waals surface area contributed by atoms with E-state index in [0.717, 1.165) is 106 Å². The summed E-state index contributed by atoms with van der Waals surface area (Å²) in [6, 6.07) is 30.3. The number of rotatable bonds is 0. The van der Waals surface area contributed by atoms with Gasteiger partial charge in [0.1, 0.15) is 40.2 Å². The van der Waals surface area contributed by atoms with Crippen molar-refractivity contribution in [1.82, 2.24) is 0 Å². The molecule has 7 aromatic rings. The number of phenolic OH excluding ortho intramolecular Hbond substituents is 5. The smallest absolute Gasteiger partial charge is 0.126 e. The number of phenols is 5. The van der Waals surface area contributed by atoms with E-state index in [0.29, 0.717) is 74.0 Å². The third kappa shape index (κ3) is 14.3. The molecule has 0 radical (unpaired) electrons. The van der Waals surface area contributed by atoms with Crippen molar-refractivity contribution < 1.29 is 35.0 Å². The molecule has 2 aliphatic rings. The second-order valence-corrected chi connectivity index (χ2v) is 33.4. The van der Waals surface area contributed by atoms with Crippen molar-refractivity contribution in [2.75, 3.05) is 13.2 Å². The molecule has 470 valence electrons. The fraction of sp³-hybridized carbons (Fsp3) is 0.481. The molecule has 0 fully saturated rings. The van der Waals surface area contributed by atoms with Gasteiger partial charge >= 0.3 is 0 Å². The maximum atomic E-state index is 12.9. The van der Waals surface area contributed by atoms with Crippen molar-refractivity contribution >= 4 is 0 Å². The molecule has 2 heterocycles. The maximum Gasteiger partial charge on any atom is 0.126 e. The fourth-order valence-corrected chi connectivity index (χ4v) is 12.6. The molecule has 0 unspecified atom stereocenters. The van der Waals surface area contributed by atoms with E-state index in [-0.39, 0.29) is 85.9 Å². The lowest BCUT2D eigenvalue weighted by atomic mass is 9.79. The van der Waals surface area contributed by atoms with Crippen LogP contribution < -0.4 is 9.47 Å². The molecule has 12 bridgehead atoms. The number of aromatic hydroxyl groups is 5. The molecule has 0 saturated heterocycles. The molecule has 0 spiro atoms. The van der Waals surface area contributed by atoms with Crippen molar-refractivity contribution in [3.63, 3.8) is 0 Å². The van der Waals surface area contributed by atoms with E-state index in [4.69, 9.17) is 9.47 Å². The van der Waals surface area contributed by atoms with Crippen molar-refractivity contribution in [3.8, 4) is 40.2 Å². The number of fused-ring (bicyclic) bond motifs is 15. The SMILES string of the molecule is CC(C)(C)c1cc2c(O)c(c1)Cc1cc(C(C)(C)C)cc(c1O)Cc1cc(C(C)(C)C)cc3c1OCCCCOc1c(cc(C(C)(C)C)cc1Cc1cc(C(C)(C)C)cc(c1O)Cc1cc(C(C)(C)C)cc(c1O)C3)Cc1cc(C(C)(C)C)cc(c1O)C2. The van der Waals surface area contributed by atoms with Crippen LogP contribution in [0.2, 0.25) is 0 Å². The van der Waals surface area contributed by atoms with Gasteiger partial charge in [-0.1, -0.05) is 230 Å². The average Bonchev–Trinajstić information content (AvgIpc) is 1.34. The van der Waals surface area contributed by atoms with E-state index in [1.54, 1.807) is 0 Å². The molecule has 7 aromatic carbocycles. The van der Waals surface area contributed by atoms with E-state index < -0.39 is 0 Å². The van der Waals surface area contributed by atoms with Crippen molar-refractivity contribution in [2.24, 2.45) is 0 Å². The lowest BCUT2D eigenvalue weighted by molar-refractivity contribution is 0.261. The minimum atomic E-state index is -0.308. The first kappa shape index (κ1) is 65.6. The minimum absolute atomic E-state index is 0.143. The van der Waals surface area contributed by atoms with Gasteiger partial charge in [-0.05, 0) is 168 Å². The molecular weight excluding hydrogens is 1080 g/mol. The molecular formula is C81H104O7. The molecule has 0 saturated carbocycles. The van der Waals surface area contributed by atoms with Crippen LogP contribution in [0.1, 0.15) is 275 Å². The van der Waals surface area contributed by atoms with Crippen LogP contribution in [-0.4, -0.2) is 38.7 Å². The van der Waals surface area contributed by atoms with Gasteiger partial charge in [-0.25, -0.2) is 0 Å². The van der Waals surface area contributed by atoms with Gasteiger partial charge in [0.15, 0.2) is 0 Å². The monoisotopic (exact) mass is 1190 g/mol. The highest BCUT2D eigenvalue weighted by atomic mass is 16.5. The zero-order chi connectivity index (χ0) is 64.8. The highest BCUT2D eigenvalue weighted by molar-refractivity contribution is 5.62. The van der Waals surface area contributed by atoms with Gasteiger partial charge in [0.25, 0.3) is 0 Å². The lowest BCUT2D eigenvalue weighted by Gasteiger charge is -2.27. The van der Waals surface area contributed by atoms with Crippen molar-refractivity contribution in [3.05, 3.63) is 202 Å². The Balaban J connectivity index is 1.42. The summed E-state index contributed by atoms with van der Waals surface area (Å²) in [5.41, 5.74) is 16.5. The van der Waals surface area contributed by atoms with Gasteiger partial charge in [-0.3, -0.25) is 0 Å². The second kappa shape index (κ2) is 23.5. The Hall–Kier alpha value is -6.86. The van der Waals surface area contributed by atoms with Crippen LogP contribution in [0.15, 0.2) is 84.9 Å². The van der Waals surface area contributed by atoms with Crippen LogP contribution in [0.4, 0.5) is 0 Å². The minimum Gasteiger partial charge on any atom is -0.507 e. The summed E-state index contributed by atoms with van der Waals surface area (Å²) in [5, 5.41) is 64.6. The molecule has 2 aliphatic heterocycles. The highest BCUT2D eigenvalue weighted by Crippen LogP contribution is 2.46. The van der Waals surface area contributed by atoms with Crippen LogP contribution in [0.3, 0.4) is 0 Å². The van der Waals surface area contributed by atoms with Gasteiger partial charge in [0.05, 0.1) is 13.2 Å². The topological polar surface area (TPSA) is 120 Å². The Morgan fingerprint density at radius 3 is 0.477 bits per heavy atom. The molecule has 0 amide bonds. The number of ether oxygens (including phenoxy) is 2. The largest absolute Gasteiger partial charge is 0.507 e. The second-order valence-electron chi connectivity index (χ2n) is 33.4.